The van der Waals surface area contributed by atoms with Crippen molar-refractivity contribution in [1.82, 2.24) is 9.88 Å². The summed E-state index contributed by atoms with van der Waals surface area (Å²) >= 11 is 0. The summed E-state index contributed by atoms with van der Waals surface area (Å²) in [5.74, 6) is 0.267. The van der Waals surface area contributed by atoms with Crippen LogP contribution in [0.3, 0.4) is 0 Å². The predicted octanol–water partition coefficient (Wildman–Crippen LogP) is 2.71. The Hall–Kier alpha value is -3.54. The number of cyclic esters (lactones) is 1. The Morgan fingerprint density at radius 1 is 1.36 bits per heavy atom. The predicted molar refractivity (Wildman–Crippen MR) is 126 cm³/mol. The van der Waals surface area contributed by atoms with Gasteiger partial charge in [0.25, 0.3) is 0 Å². The number of ether oxygens (including phenoxy) is 1. The number of rotatable bonds is 10. The first-order chi connectivity index (χ1) is 16.0. The molecule has 0 saturated heterocycles. The largest absolute Gasteiger partial charge is 0.457 e. The molecule has 1 aromatic heterocycles. The third kappa shape index (κ3) is 6.04. The van der Waals surface area contributed by atoms with E-state index in [1.165, 1.54) is 18.0 Å². The lowest BCUT2D eigenvalue weighted by atomic mass is 9.96. The van der Waals surface area contributed by atoms with E-state index in [1.54, 1.807) is 12.3 Å². The Morgan fingerprint density at radius 3 is 2.88 bits per heavy atom. The average molecular weight is 448 g/mol. The van der Waals surface area contributed by atoms with Gasteiger partial charge in [0.2, 0.25) is 0 Å². The van der Waals surface area contributed by atoms with Crippen molar-refractivity contribution in [2.75, 3.05) is 26.2 Å². The number of fused-ring (bicyclic) bond motifs is 1. The quantitative estimate of drug-likeness (QED) is 0.424. The zero-order valence-corrected chi connectivity index (χ0v) is 19.0. The highest BCUT2D eigenvalue weighted by Crippen LogP contribution is 2.26. The molecule has 2 heterocycles. The fourth-order valence-electron chi connectivity index (χ4n) is 3.78. The number of nitrogens with zero attached hydrogens (tertiary/aromatic N) is 4. The van der Waals surface area contributed by atoms with Crippen molar-refractivity contribution in [3.05, 3.63) is 69.5 Å². The number of carbonyl (C=O) groups is 1. The summed E-state index contributed by atoms with van der Waals surface area (Å²) in [4.78, 5) is 22.5. The van der Waals surface area contributed by atoms with Gasteiger partial charge in [0, 0.05) is 37.6 Å². The molecule has 0 bridgehead atoms. The van der Waals surface area contributed by atoms with Crippen molar-refractivity contribution in [1.29, 1.82) is 5.26 Å². The van der Waals surface area contributed by atoms with Gasteiger partial charge in [-0.1, -0.05) is 6.07 Å². The first-order valence-electron chi connectivity index (χ1n) is 10.9. The van der Waals surface area contributed by atoms with Crippen LogP contribution in [0, 0.1) is 25.2 Å². The minimum absolute atomic E-state index is 0.0652. The number of aliphatic hydroxyl groups is 1. The van der Waals surface area contributed by atoms with Gasteiger partial charge in [-0.2, -0.15) is 5.26 Å². The zero-order valence-electron chi connectivity index (χ0n) is 19.0. The van der Waals surface area contributed by atoms with Crippen molar-refractivity contribution < 1.29 is 14.6 Å². The Labute approximate surface area is 194 Å². The normalized spacial score (nSPS) is 13.4. The minimum Gasteiger partial charge on any atom is -0.457 e. The van der Waals surface area contributed by atoms with Gasteiger partial charge in [0.15, 0.2) is 5.82 Å². The van der Waals surface area contributed by atoms with E-state index in [1.807, 2.05) is 26.0 Å². The van der Waals surface area contributed by atoms with Gasteiger partial charge in [-0.15, -0.1) is 0 Å². The molecule has 3 N–H and O–H groups in total. The summed E-state index contributed by atoms with van der Waals surface area (Å²) in [6, 6.07) is 7.68. The van der Waals surface area contributed by atoms with Gasteiger partial charge >= 0.3 is 5.97 Å². The van der Waals surface area contributed by atoms with Crippen LogP contribution in [-0.4, -0.2) is 53.4 Å². The monoisotopic (exact) mass is 447 g/mol. The van der Waals surface area contributed by atoms with Crippen molar-refractivity contribution in [3.8, 4) is 6.07 Å². The average Bonchev–Trinajstić information content (AvgIpc) is 3.20. The molecule has 172 valence electrons. The minimum atomic E-state index is -0.254. The van der Waals surface area contributed by atoms with Crippen LogP contribution in [0.15, 0.2) is 41.2 Å². The number of carbonyl (C=O) groups excluding carboxylic acids is 1. The van der Waals surface area contributed by atoms with Gasteiger partial charge in [-0.3, -0.25) is 0 Å². The molecule has 0 saturated carbocycles. The van der Waals surface area contributed by atoms with E-state index in [4.69, 9.17) is 15.7 Å². The van der Waals surface area contributed by atoms with Crippen LogP contribution in [0.5, 0.6) is 0 Å². The van der Waals surface area contributed by atoms with Crippen LogP contribution in [0.1, 0.15) is 44.6 Å². The Kier molecular flexibility index (Phi) is 8.30. The van der Waals surface area contributed by atoms with Gasteiger partial charge in [0.1, 0.15) is 12.7 Å². The lowest BCUT2D eigenvalue weighted by molar-refractivity contribution is 0.0535. The first kappa shape index (κ1) is 24.1. The molecule has 8 nitrogen and oxygen atoms in total. The highest BCUT2D eigenvalue weighted by molar-refractivity contribution is 5.93. The van der Waals surface area contributed by atoms with Crippen LogP contribution in [-0.2, 0) is 17.8 Å². The number of aromatic nitrogens is 1. The highest BCUT2D eigenvalue weighted by atomic mass is 16.5. The van der Waals surface area contributed by atoms with Gasteiger partial charge in [-0.25, -0.2) is 14.8 Å². The molecule has 0 aliphatic carbocycles. The Balaban J connectivity index is 1.59. The summed E-state index contributed by atoms with van der Waals surface area (Å²) < 4.78 is 5.14. The van der Waals surface area contributed by atoms with E-state index in [-0.39, 0.29) is 12.6 Å². The molecule has 0 unspecified atom stereocenters. The van der Waals surface area contributed by atoms with Crippen molar-refractivity contribution >= 4 is 18.0 Å². The van der Waals surface area contributed by atoms with E-state index in [2.05, 4.69) is 20.9 Å². The molecule has 33 heavy (non-hydrogen) atoms. The lowest BCUT2D eigenvalue weighted by Gasteiger charge is -2.22. The molecule has 0 atom stereocenters. The van der Waals surface area contributed by atoms with Gasteiger partial charge in [0.05, 0.1) is 17.7 Å². The standard InChI is InChI=1S/C25H29N5O3/c1-17-11-24(29-15-21(17)13-27)28-14-19(12-26)5-7-30(9-10-31)8-6-20-3-4-22-23(18(20)2)16-33-25(22)32/h3-4,11-12,14-15,31H,5-10,16,26H2,1-2H3. The first-order valence-corrected chi connectivity index (χ1v) is 10.9. The van der Waals surface area contributed by atoms with Crippen LogP contribution >= 0.6 is 0 Å². The van der Waals surface area contributed by atoms with Crippen molar-refractivity contribution in [3.63, 3.8) is 0 Å². The second kappa shape index (κ2) is 11.4. The summed E-state index contributed by atoms with van der Waals surface area (Å²) in [5.41, 5.74) is 11.9. The molecule has 8 heteroatoms. The third-order valence-electron chi connectivity index (χ3n) is 5.90. The van der Waals surface area contributed by atoms with E-state index < -0.39 is 0 Å². The van der Waals surface area contributed by atoms with Crippen LogP contribution in [0.25, 0.3) is 0 Å². The number of aryl methyl sites for hydroxylation is 1. The number of nitriles is 1. The topological polar surface area (TPSA) is 125 Å². The number of esters is 1. The molecule has 3 rings (SSSR count). The maximum atomic E-state index is 11.7. The summed E-state index contributed by atoms with van der Waals surface area (Å²) in [7, 11) is 0. The molecule has 0 fully saturated rings. The number of aliphatic hydroxyl groups excluding tert-OH is 1. The van der Waals surface area contributed by atoms with Crippen LogP contribution in [0.4, 0.5) is 5.82 Å². The number of aliphatic imine (C=N–C) groups is 1. The SMILES string of the molecule is Cc1cc(N=CC(=CN)CCN(CCO)CCc2ccc3c(c2C)COC3=O)ncc1C#N. The number of hydrogen-bond acceptors (Lipinski definition) is 8. The van der Waals surface area contributed by atoms with E-state index in [9.17, 15) is 9.90 Å². The molecule has 1 aliphatic heterocycles. The third-order valence-corrected chi connectivity index (χ3v) is 5.90. The molecule has 0 radical (unpaired) electrons. The highest BCUT2D eigenvalue weighted by Gasteiger charge is 2.23. The maximum Gasteiger partial charge on any atom is 0.338 e. The number of benzene rings is 1. The zero-order chi connectivity index (χ0) is 23.8. The summed E-state index contributed by atoms with van der Waals surface area (Å²) in [5, 5.41) is 18.5. The lowest BCUT2D eigenvalue weighted by Crippen LogP contribution is -2.30. The Bertz CT molecular complexity index is 1120. The van der Waals surface area contributed by atoms with Crippen molar-refractivity contribution in [2.24, 2.45) is 10.7 Å². The maximum absolute atomic E-state index is 11.7. The fraction of sp³-hybridized carbons (Fsp3) is 0.360. The van der Waals surface area contributed by atoms with E-state index >= 15 is 0 Å². The van der Waals surface area contributed by atoms with E-state index in [0.29, 0.717) is 43.1 Å². The molecule has 1 aliphatic rings. The second-order valence-corrected chi connectivity index (χ2v) is 7.99. The molecule has 0 spiro atoms. The number of pyridine rings is 1. The van der Waals surface area contributed by atoms with Crippen LogP contribution in [0.2, 0.25) is 0 Å². The van der Waals surface area contributed by atoms with Gasteiger partial charge < -0.3 is 20.5 Å². The molecular formula is C25H29N5O3. The van der Waals surface area contributed by atoms with E-state index in [0.717, 1.165) is 35.2 Å². The molecular weight excluding hydrogens is 418 g/mol. The Morgan fingerprint density at radius 2 is 2.18 bits per heavy atom. The second-order valence-electron chi connectivity index (χ2n) is 7.99. The molecule has 1 aromatic carbocycles. The summed E-state index contributed by atoms with van der Waals surface area (Å²) in [6.07, 6.45) is 6.20. The fourth-order valence-corrected chi connectivity index (χ4v) is 3.78. The molecule has 0 amide bonds. The van der Waals surface area contributed by atoms with Crippen molar-refractivity contribution in [2.45, 2.75) is 33.3 Å². The number of hydrogen-bond donors (Lipinski definition) is 2. The smallest absolute Gasteiger partial charge is 0.338 e. The van der Waals surface area contributed by atoms with Gasteiger partial charge in [-0.05, 0) is 67.3 Å². The molecule has 2 aromatic rings. The van der Waals surface area contributed by atoms with Crippen LogP contribution < -0.4 is 5.73 Å². The summed E-state index contributed by atoms with van der Waals surface area (Å²) in [6.45, 7) is 6.30. The number of nitrogens with two attached hydrogens (primary N) is 1.